The van der Waals surface area contributed by atoms with E-state index in [2.05, 4.69) is 4.74 Å². The summed E-state index contributed by atoms with van der Waals surface area (Å²) in [7, 11) is 0. The number of phenols is 1. The molecule has 0 saturated heterocycles. The summed E-state index contributed by atoms with van der Waals surface area (Å²) in [6, 6.07) is 1.67. The predicted octanol–water partition coefficient (Wildman–Crippen LogP) is 2.92. The van der Waals surface area contributed by atoms with Crippen molar-refractivity contribution in [2.24, 2.45) is 0 Å². The standard InChI is InChI=1S/C14H12F4INO4/c1-2-24-12(22)11(20-13(23)14(16,17)18)8(6-15)7-3-4-9(19)10(21)5-7/h3-6,11,21H,2H2,1H3,(H,20,23)/b8-6+. The van der Waals surface area contributed by atoms with Crippen LogP contribution >= 0.6 is 22.6 Å². The summed E-state index contributed by atoms with van der Waals surface area (Å²) < 4.78 is 55.6. The van der Waals surface area contributed by atoms with Crippen molar-refractivity contribution in [2.75, 3.05) is 6.61 Å². The smallest absolute Gasteiger partial charge is 0.471 e. The first-order valence-electron chi connectivity index (χ1n) is 6.45. The molecule has 1 unspecified atom stereocenters. The molecule has 0 spiro atoms. The number of alkyl halides is 3. The van der Waals surface area contributed by atoms with Crippen molar-refractivity contribution in [3.8, 4) is 5.75 Å². The first kappa shape index (κ1) is 20.2. The van der Waals surface area contributed by atoms with Crippen molar-refractivity contribution in [1.29, 1.82) is 0 Å². The minimum Gasteiger partial charge on any atom is -0.507 e. The number of hydrogen-bond acceptors (Lipinski definition) is 4. The van der Waals surface area contributed by atoms with Gasteiger partial charge in [0, 0.05) is 5.57 Å². The second kappa shape index (κ2) is 8.31. The Balaban J connectivity index is 3.26. The van der Waals surface area contributed by atoms with Crippen LogP contribution in [0.2, 0.25) is 0 Å². The molecule has 0 radical (unpaired) electrons. The van der Waals surface area contributed by atoms with E-state index in [1.54, 1.807) is 22.6 Å². The lowest BCUT2D eigenvalue weighted by Crippen LogP contribution is -2.48. The molecule has 1 aromatic carbocycles. The molecule has 0 fully saturated rings. The fourth-order valence-electron chi connectivity index (χ4n) is 1.69. The van der Waals surface area contributed by atoms with Crippen LogP contribution in [0.4, 0.5) is 17.6 Å². The highest BCUT2D eigenvalue weighted by atomic mass is 127. The third kappa shape index (κ3) is 5.08. The first-order chi connectivity index (χ1) is 11.1. The molecular formula is C14H12F4INO4. The van der Waals surface area contributed by atoms with Crippen LogP contribution < -0.4 is 5.32 Å². The van der Waals surface area contributed by atoms with E-state index >= 15 is 0 Å². The zero-order valence-corrected chi connectivity index (χ0v) is 14.3. The summed E-state index contributed by atoms with van der Waals surface area (Å²) in [5, 5.41) is 11.0. The molecule has 0 aliphatic carbocycles. The van der Waals surface area contributed by atoms with Crippen LogP contribution in [0, 0.1) is 3.57 Å². The Kier molecular flexibility index (Phi) is 6.99. The van der Waals surface area contributed by atoms with Gasteiger partial charge in [0.15, 0.2) is 6.04 Å². The quantitative estimate of drug-likeness (QED) is 0.402. The van der Waals surface area contributed by atoms with Gasteiger partial charge in [-0.05, 0) is 47.2 Å². The van der Waals surface area contributed by atoms with Crippen molar-refractivity contribution in [1.82, 2.24) is 5.32 Å². The van der Waals surface area contributed by atoms with Crippen LogP contribution in [-0.4, -0.2) is 35.8 Å². The van der Waals surface area contributed by atoms with Gasteiger partial charge in [0.1, 0.15) is 5.75 Å². The molecule has 0 aliphatic heterocycles. The Morgan fingerprint density at radius 2 is 2.04 bits per heavy atom. The van der Waals surface area contributed by atoms with E-state index in [9.17, 15) is 32.3 Å². The first-order valence-corrected chi connectivity index (χ1v) is 7.53. The van der Waals surface area contributed by atoms with Crippen molar-refractivity contribution >= 4 is 40.0 Å². The molecule has 5 nitrogen and oxygen atoms in total. The fourth-order valence-corrected chi connectivity index (χ4v) is 2.02. The Morgan fingerprint density at radius 1 is 1.42 bits per heavy atom. The lowest BCUT2D eigenvalue weighted by atomic mass is 9.99. The van der Waals surface area contributed by atoms with E-state index in [0.717, 1.165) is 6.07 Å². The van der Waals surface area contributed by atoms with Crippen LogP contribution in [0.3, 0.4) is 0 Å². The van der Waals surface area contributed by atoms with E-state index in [1.165, 1.54) is 24.4 Å². The number of aromatic hydroxyl groups is 1. The molecule has 132 valence electrons. The summed E-state index contributed by atoms with van der Waals surface area (Å²) >= 11 is 1.78. The van der Waals surface area contributed by atoms with Gasteiger partial charge < -0.3 is 15.2 Å². The highest BCUT2D eigenvalue weighted by Gasteiger charge is 2.42. The number of halogens is 5. The second-order valence-electron chi connectivity index (χ2n) is 4.39. The number of ether oxygens (including phenoxy) is 1. The lowest BCUT2D eigenvalue weighted by molar-refractivity contribution is -0.175. The summed E-state index contributed by atoms with van der Waals surface area (Å²) in [5.74, 6) is -3.95. The van der Waals surface area contributed by atoms with Gasteiger partial charge in [-0.1, -0.05) is 6.07 Å². The van der Waals surface area contributed by atoms with Crippen LogP contribution in [0.1, 0.15) is 12.5 Å². The largest absolute Gasteiger partial charge is 0.507 e. The maximum atomic E-state index is 13.3. The van der Waals surface area contributed by atoms with Gasteiger partial charge in [-0.3, -0.25) is 4.79 Å². The van der Waals surface area contributed by atoms with Gasteiger partial charge in [-0.15, -0.1) is 0 Å². The monoisotopic (exact) mass is 461 g/mol. The third-order valence-corrected chi connectivity index (χ3v) is 3.68. The van der Waals surface area contributed by atoms with Gasteiger partial charge in [0.2, 0.25) is 0 Å². The predicted molar refractivity (Wildman–Crippen MR) is 84.5 cm³/mol. The van der Waals surface area contributed by atoms with Crippen LogP contribution in [-0.2, 0) is 14.3 Å². The van der Waals surface area contributed by atoms with Crippen molar-refractivity contribution in [2.45, 2.75) is 19.1 Å². The van der Waals surface area contributed by atoms with Crippen molar-refractivity contribution in [3.05, 3.63) is 33.7 Å². The Labute approximate surface area is 147 Å². The zero-order valence-electron chi connectivity index (χ0n) is 12.2. The van der Waals surface area contributed by atoms with Gasteiger partial charge in [-0.2, -0.15) is 13.2 Å². The van der Waals surface area contributed by atoms with Crippen LogP contribution in [0.25, 0.3) is 5.57 Å². The SMILES string of the molecule is CCOC(=O)C(NC(=O)C(F)(F)F)/C(=C/F)c1ccc(I)c(O)c1. The number of rotatable bonds is 5. The number of nitrogens with one attached hydrogen (secondary N) is 1. The Bertz CT molecular complexity index is 661. The van der Waals surface area contributed by atoms with Crippen LogP contribution in [0.5, 0.6) is 5.75 Å². The zero-order chi connectivity index (χ0) is 18.5. The van der Waals surface area contributed by atoms with Gasteiger partial charge >= 0.3 is 18.1 Å². The fraction of sp³-hybridized carbons (Fsp3) is 0.286. The molecule has 10 heteroatoms. The normalized spacial score (nSPS) is 13.3. The topological polar surface area (TPSA) is 75.6 Å². The molecule has 1 rings (SSSR count). The molecule has 1 aromatic rings. The molecule has 0 heterocycles. The van der Waals surface area contributed by atoms with E-state index in [4.69, 9.17) is 0 Å². The van der Waals surface area contributed by atoms with E-state index in [1.807, 2.05) is 0 Å². The second-order valence-corrected chi connectivity index (χ2v) is 5.55. The number of carbonyl (C=O) groups is 2. The highest BCUT2D eigenvalue weighted by molar-refractivity contribution is 14.1. The molecule has 2 N–H and O–H groups in total. The molecule has 1 amide bonds. The molecule has 0 saturated carbocycles. The third-order valence-electron chi connectivity index (χ3n) is 2.76. The number of benzene rings is 1. The maximum absolute atomic E-state index is 13.3. The number of hydrogen-bond donors (Lipinski definition) is 2. The van der Waals surface area contributed by atoms with Crippen LogP contribution in [0.15, 0.2) is 24.5 Å². The molecule has 1 atom stereocenters. The van der Waals surface area contributed by atoms with Crippen molar-refractivity contribution in [3.63, 3.8) is 0 Å². The van der Waals surface area contributed by atoms with Gasteiger partial charge in [-0.25, -0.2) is 9.18 Å². The average Bonchev–Trinajstić information content (AvgIpc) is 2.49. The molecule has 0 aromatic heterocycles. The summed E-state index contributed by atoms with van der Waals surface area (Å²) in [6.07, 6.45) is -5.39. The summed E-state index contributed by atoms with van der Waals surface area (Å²) in [6.45, 7) is 1.21. The molecule has 0 bridgehead atoms. The number of carbonyl (C=O) groups excluding carboxylic acids is 2. The number of amides is 1. The minimum absolute atomic E-state index is 0.0871. The Morgan fingerprint density at radius 3 is 2.50 bits per heavy atom. The number of phenolic OH excluding ortho intramolecular Hbond substituents is 1. The Hall–Kier alpha value is -1.85. The lowest BCUT2D eigenvalue weighted by Gasteiger charge is -2.20. The van der Waals surface area contributed by atoms with E-state index in [-0.39, 0.29) is 24.2 Å². The van der Waals surface area contributed by atoms with Gasteiger partial charge in [0.05, 0.1) is 16.5 Å². The summed E-state index contributed by atoms with van der Waals surface area (Å²) in [5.41, 5.74) is -0.673. The molecular weight excluding hydrogens is 449 g/mol. The van der Waals surface area contributed by atoms with E-state index < -0.39 is 29.7 Å². The van der Waals surface area contributed by atoms with E-state index in [0.29, 0.717) is 3.57 Å². The highest BCUT2D eigenvalue weighted by Crippen LogP contribution is 2.28. The average molecular weight is 461 g/mol. The minimum atomic E-state index is -5.26. The maximum Gasteiger partial charge on any atom is 0.471 e. The molecule has 24 heavy (non-hydrogen) atoms. The summed E-state index contributed by atoms with van der Waals surface area (Å²) in [4.78, 5) is 23.0. The van der Waals surface area contributed by atoms with Gasteiger partial charge in [0.25, 0.3) is 0 Å². The number of esters is 1. The van der Waals surface area contributed by atoms with Crippen molar-refractivity contribution < 1.29 is 37.0 Å². The molecule has 0 aliphatic rings.